The molecule has 1 unspecified atom stereocenters. The smallest absolute Gasteiger partial charge is 0.00601 e. The molecular weight excluding hydrogens is 288 g/mol. The number of rotatable bonds is 12. The summed E-state index contributed by atoms with van der Waals surface area (Å²) in [4.78, 5) is 0. The Morgan fingerprint density at radius 3 is 2.29 bits per heavy atom. The zero-order chi connectivity index (χ0) is 17.8. The van der Waals surface area contributed by atoms with Gasteiger partial charge in [0.15, 0.2) is 0 Å². The third-order valence-corrected chi connectivity index (χ3v) is 4.75. The SMILES string of the molecule is C=C(C)c1ccccc1C(CCCC)/C(=[C]/CCCC)CCCC. The van der Waals surface area contributed by atoms with Crippen molar-refractivity contribution in [2.75, 3.05) is 0 Å². The van der Waals surface area contributed by atoms with Gasteiger partial charge in [0.2, 0.25) is 0 Å². The van der Waals surface area contributed by atoms with Crippen LogP contribution in [0.3, 0.4) is 0 Å². The van der Waals surface area contributed by atoms with Crippen LogP contribution in [0.25, 0.3) is 5.57 Å². The van der Waals surface area contributed by atoms with E-state index in [1.807, 2.05) is 0 Å². The molecule has 0 saturated carbocycles. The summed E-state index contributed by atoms with van der Waals surface area (Å²) in [7, 11) is 0. The minimum Gasteiger partial charge on any atom is -0.0955 e. The van der Waals surface area contributed by atoms with Gasteiger partial charge in [0.05, 0.1) is 0 Å². The van der Waals surface area contributed by atoms with Gasteiger partial charge >= 0.3 is 0 Å². The fraction of sp³-hybridized carbons (Fsp3) is 0.583. The van der Waals surface area contributed by atoms with E-state index in [1.54, 1.807) is 5.57 Å². The Balaban J connectivity index is 3.20. The molecule has 0 fully saturated rings. The largest absolute Gasteiger partial charge is 0.0955 e. The predicted molar refractivity (Wildman–Crippen MR) is 109 cm³/mol. The first-order valence-electron chi connectivity index (χ1n) is 9.99. The zero-order valence-corrected chi connectivity index (χ0v) is 16.5. The summed E-state index contributed by atoms with van der Waals surface area (Å²) in [5, 5.41) is 0. The lowest BCUT2D eigenvalue weighted by atomic mass is 9.80. The monoisotopic (exact) mass is 325 g/mol. The van der Waals surface area contributed by atoms with Crippen LogP contribution < -0.4 is 0 Å². The van der Waals surface area contributed by atoms with Crippen molar-refractivity contribution in [3.05, 3.63) is 53.6 Å². The van der Waals surface area contributed by atoms with E-state index in [0.29, 0.717) is 5.92 Å². The van der Waals surface area contributed by atoms with Crippen LogP contribution >= 0.6 is 0 Å². The first-order valence-corrected chi connectivity index (χ1v) is 9.99. The highest BCUT2D eigenvalue weighted by atomic mass is 14.2. The van der Waals surface area contributed by atoms with E-state index in [4.69, 9.17) is 0 Å². The van der Waals surface area contributed by atoms with Crippen molar-refractivity contribution >= 4 is 5.57 Å². The van der Waals surface area contributed by atoms with Crippen LogP contribution in [-0.2, 0) is 0 Å². The Morgan fingerprint density at radius 1 is 1.00 bits per heavy atom. The van der Waals surface area contributed by atoms with E-state index >= 15 is 0 Å². The fourth-order valence-electron chi connectivity index (χ4n) is 3.29. The first kappa shape index (κ1) is 20.7. The summed E-state index contributed by atoms with van der Waals surface area (Å²) in [6.07, 6.45) is 14.9. The van der Waals surface area contributed by atoms with E-state index in [-0.39, 0.29) is 0 Å². The minimum absolute atomic E-state index is 0.515. The van der Waals surface area contributed by atoms with Gasteiger partial charge in [-0.3, -0.25) is 0 Å². The van der Waals surface area contributed by atoms with Crippen molar-refractivity contribution in [2.45, 2.75) is 91.4 Å². The Hall–Kier alpha value is -1.30. The molecule has 1 radical (unpaired) electrons. The van der Waals surface area contributed by atoms with Crippen molar-refractivity contribution in [2.24, 2.45) is 0 Å². The summed E-state index contributed by atoms with van der Waals surface area (Å²) in [5.41, 5.74) is 5.53. The molecule has 24 heavy (non-hydrogen) atoms. The standard InChI is InChI=1S/C24H37/c1-6-9-12-16-21(15-10-7-2)23(17-11-8-3)24-19-14-13-18-22(24)20(4)5/h13-14,18-19,23H,4,6-12,15,17H2,1-3,5H3. The highest BCUT2D eigenvalue weighted by Gasteiger charge is 2.19. The topological polar surface area (TPSA) is 0 Å². The van der Waals surface area contributed by atoms with Crippen molar-refractivity contribution in [3.8, 4) is 0 Å². The molecule has 0 N–H and O–H groups in total. The Labute approximate surface area is 151 Å². The average molecular weight is 326 g/mol. The molecule has 1 aromatic carbocycles. The molecule has 0 heterocycles. The second kappa shape index (κ2) is 12.1. The molecular formula is C24H37. The number of hydrogen-bond acceptors (Lipinski definition) is 0. The molecule has 0 spiro atoms. The molecule has 0 aliphatic rings. The third kappa shape index (κ3) is 6.67. The van der Waals surface area contributed by atoms with Crippen molar-refractivity contribution in [3.63, 3.8) is 0 Å². The molecule has 1 atom stereocenters. The second-order valence-corrected chi connectivity index (χ2v) is 6.97. The molecule has 133 valence electrons. The van der Waals surface area contributed by atoms with Gasteiger partial charge in [-0.2, -0.15) is 0 Å². The van der Waals surface area contributed by atoms with Gasteiger partial charge < -0.3 is 0 Å². The summed E-state index contributed by atoms with van der Waals surface area (Å²) in [6, 6.07) is 8.88. The number of allylic oxidation sites excluding steroid dienone is 3. The molecule has 0 amide bonds. The van der Waals surface area contributed by atoms with Crippen LogP contribution in [0.2, 0.25) is 0 Å². The maximum atomic E-state index is 4.22. The lowest BCUT2D eigenvalue weighted by Crippen LogP contribution is -2.07. The minimum atomic E-state index is 0.515. The predicted octanol–water partition coefficient (Wildman–Crippen LogP) is 8.10. The van der Waals surface area contributed by atoms with E-state index in [9.17, 15) is 0 Å². The van der Waals surface area contributed by atoms with E-state index in [1.165, 1.54) is 68.1 Å². The number of unbranched alkanes of at least 4 members (excludes halogenated alkanes) is 4. The van der Waals surface area contributed by atoms with Gasteiger partial charge in [-0.1, -0.05) is 88.4 Å². The highest BCUT2D eigenvalue weighted by Crippen LogP contribution is 2.36. The van der Waals surface area contributed by atoms with Gasteiger partial charge in [0.1, 0.15) is 0 Å². The van der Waals surface area contributed by atoms with Crippen LogP contribution in [-0.4, -0.2) is 0 Å². The van der Waals surface area contributed by atoms with Gasteiger partial charge in [-0.25, -0.2) is 0 Å². The van der Waals surface area contributed by atoms with Gasteiger partial charge in [0.25, 0.3) is 0 Å². The molecule has 1 aromatic rings. The van der Waals surface area contributed by atoms with E-state index in [0.717, 1.165) is 6.42 Å². The third-order valence-electron chi connectivity index (χ3n) is 4.75. The number of hydrogen-bond donors (Lipinski definition) is 0. The van der Waals surface area contributed by atoms with Crippen molar-refractivity contribution in [1.82, 2.24) is 0 Å². The molecule has 0 saturated heterocycles. The van der Waals surface area contributed by atoms with Crippen LogP contribution in [0.1, 0.15) is 103 Å². The summed E-state index contributed by atoms with van der Waals surface area (Å²) in [6.45, 7) is 13.2. The summed E-state index contributed by atoms with van der Waals surface area (Å²) < 4.78 is 0. The quantitative estimate of drug-likeness (QED) is 0.340. The van der Waals surface area contributed by atoms with Crippen LogP contribution in [0.15, 0.2) is 36.4 Å². The molecule has 1 rings (SSSR count). The molecule has 0 bridgehead atoms. The van der Waals surface area contributed by atoms with E-state index in [2.05, 4.69) is 64.6 Å². The average Bonchev–Trinajstić information content (AvgIpc) is 2.59. The lowest BCUT2D eigenvalue weighted by molar-refractivity contribution is 0.603. The fourth-order valence-corrected chi connectivity index (χ4v) is 3.29. The molecule has 0 nitrogen and oxygen atoms in total. The van der Waals surface area contributed by atoms with E-state index < -0.39 is 0 Å². The van der Waals surface area contributed by atoms with Crippen LogP contribution in [0, 0.1) is 6.08 Å². The molecule has 0 aliphatic heterocycles. The van der Waals surface area contributed by atoms with Gasteiger partial charge in [0, 0.05) is 5.92 Å². The summed E-state index contributed by atoms with van der Waals surface area (Å²) in [5.74, 6) is 0.515. The van der Waals surface area contributed by atoms with Crippen molar-refractivity contribution in [1.29, 1.82) is 0 Å². The second-order valence-electron chi connectivity index (χ2n) is 6.97. The zero-order valence-electron chi connectivity index (χ0n) is 16.5. The maximum absolute atomic E-state index is 4.22. The lowest BCUT2D eigenvalue weighted by Gasteiger charge is -2.24. The molecule has 0 heteroatoms. The van der Waals surface area contributed by atoms with Crippen LogP contribution in [0.4, 0.5) is 0 Å². The van der Waals surface area contributed by atoms with Gasteiger partial charge in [-0.15, -0.1) is 0 Å². The molecule has 0 aromatic heterocycles. The molecule has 0 aliphatic carbocycles. The number of benzene rings is 1. The highest BCUT2D eigenvalue weighted by molar-refractivity contribution is 5.65. The van der Waals surface area contributed by atoms with Crippen molar-refractivity contribution < 1.29 is 0 Å². The Morgan fingerprint density at radius 2 is 1.67 bits per heavy atom. The van der Waals surface area contributed by atoms with Gasteiger partial charge in [-0.05, 0) is 56.2 Å². The Kier molecular flexibility index (Phi) is 10.5. The normalized spacial score (nSPS) is 13.1. The maximum Gasteiger partial charge on any atom is 0.00601 e. The Bertz CT molecular complexity index is 507. The van der Waals surface area contributed by atoms with Crippen LogP contribution in [0.5, 0.6) is 0 Å². The summed E-state index contributed by atoms with van der Waals surface area (Å²) >= 11 is 0. The first-order chi connectivity index (χ1) is 11.7.